The molecule has 0 spiro atoms. The summed E-state index contributed by atoms with van der Waals surface area (Å²) in [5.41, 5.74) is 0.440. The van der Waals surface area contributed by atoms with Crippen LogP contribution in [0.4, 0.5) is 24.8 Å². The normalized spacial score (nSPS) is 16.2. The molecule has 26 heavy (non-hydrogen) atoms. The molecule has 8 nitrogen and oxygen atoms in total. The van der Waals surface area contributed by atoms with Gasteiger partial charge in [-0.1, -0.05) is 0 Å². The number of hydrogen-bond acceptors (Lipinski definition) is 7. The Bertz CT molecular complexity index is 901. The largest absolute Gasteiger partial charge is 0.433 e. The van der Waals surface area contributed by atoms with E-state index in [1.54, 1.807) is 6.33 Å². The highest BCUT2D eigenvalue weighted by Crippen LogP contribution is 2.29. The summed E-state index contributed by atoms with van der Waals surface area (Å²) >= 11 is 0. The molecule has 0 aliphatic carbocycles. The zero-order valence-electron chi connectivity index (χ0n) is 13.5. The Hall–Kier alpha value is -2.98. The first-order valence-corrected chi connectivity index (χ1v) is 8.05. The number of halogens is 3. The van der Waals surface area contributed by atoms with E-state index in [-0.39, 0.29) is 11.9 Å². The van der Waals surface area contributed by atoms with Crippen molar-refractivity contribution < 1.29 is 13.2 Å². The van der Waals surface area contributed by atoms with Crippen LogP contribution in [0.1, 0.15) is 18.5 Å². The van der Waals surface area contributed by atoms with Gasteiger partial charge >= 0.3 is 6.18 Å². The summed E-state index contributed by atoms with van der Waals surface area (Å²) in [5.74, 6) is 0.969. The third-order valence-electron chi connectivity index (χ3n) is 4.31. The van der Waals surface area contributed by atoms with Crippen LogP contribution >= 0.6 is 0 Å². The van der Waals surface area contributed by atoms with Crippen molar-refractivity contribution in [3.05, 3.63) is 30.7 Å². The van der Waals surface area contributed by atoms with Gasteiger partial charge in [-0.3, -0.25) is 0 Å². The van der Waals surface area contributed by atoms with Crippen LogP contribution in [0.15, 0.2) is 25.0 Å². The fraction of sp³-hybridized carbons (Fsp3) is 0.400. The van der Waals surface area contributed by atoms with Gasteiger partial charge in [-0.05, 0) is 12.8 Å². The molecular formula is C15H15F3N8. The topological polar surface area (TPSA) is 95.5 Å². The lowest BCUT2D eigenvalue weighted by Gasteiger charge is -2.33. The Morgan fingerprint density at radius 3 is 2.58 bits per heavy atom. The minimum atomic E-state index is -4.48. The first kappa shape index (κ1) is 16.5. The van der Waals surface area contributed by atoms with Crippen molar-refractivity contribution in [2.24, 2.45) is 0 Å². The van der Waals surface area contributed by atoms with E-state index in [4.69, 9.17) is 0 Å². The van der Waals surface area contributed by atoms with Crippen molar-refractivity contribution in [2.75, 3.05) is 23.3 Å². The summed E-state index contributed by atoms with van der Waals surface area (Å²) in [5, 5.41) is 3.07. The van der Waals surface area contributed by atoms with Crippen LogP contribution < -0.4 is 10.2 Å². The Morgan fingerprint density at radius 1 is 1.04 bits per heavy atom. The van der Waals surface area contributed by atoms with E-state index in [2.05, 4.69) is 40.1 Å². The molecule has 136 valence electrons. The van der Waals surface area contributed by atoms with Gasteiger partial charge in [-0.2, -0.15) is 13.2 Å². The second kappa shape index (κ2) is 6.39. The molecule has 0 saturated carbocycles. The quantitative estimate of drug-likeness (QED) is 0.736. The van der Waals surface area contributed by atoms with Crippen molar-refractivity contribution in [1.82, 2.24) is 29.9 Å². The fourth-order valence-electron chi connectivity index (χ4n) is 3.03. The van der Waals surface area contributed by atoms with E-state index in [1.807, 2.05) is 0 Å². The fourth-order valence-corrected chi connectivity index (χ4v) is 3.03. The number of imidazole rings is 1. The van der Waals surface area contributed by atoms with Gasteiger partial charge in [0.05, 0.1) is 6.33 Å². The summed E-state index contributed by atoms with van der Waals surface area (Å²) < 4.78 is 38.2. The van der Waals surface area contributed by atoms with E-state index in [0.717, 1.165) is 36.6 Å². The summed E-state index contributed by atoms with van der Waals surface area (Å²) in [6.45, 7) is 1.42. The number of anilines is 2. The van der Waals surface area contributed by atoms with Gasteiger partial charge in [-0.15, -0.1) is 0 Å². The number of aromatic amines is 1. The lowest BCUT2D eigenvalue weighted by molar-refractivity contribution is -0.141. The van der Waals surface area contributed by atoms with Gasteiger partial charge in [0.25, 0.3) is 0 Å². The molecular weight excluding hydrogens is 349 g/mol. The molecule has 4 heterocycles. The van der Waals surface area contributed by atoms with Crippen LogP contribution in [0.25, 0.3) is 11.2 Å². The van der Waals surface area contributed by atoms with Crippen molar-refractivity contribution in [1.29, 1.82) is 0 Å². The maximum absolute atomic E-state index is 12.7. The Labute approximate surface area is 145 Å². The van der Waals surface area contributed by atoms with Gasteiger partial charge in [0.2, 0.25) is 0 Å². The number of nitrogens with zero attached hydrogens (tertiary/aromatic N) is 6. The molecule has 0 bridgehead atoms. The molecule has 0 aromatic carbocycles. The van der Waals surface area contributed by atoms with E-state index < -0.39 is 11.9 Å². The highest BCUT2D eigenvalue weighted by atomic mass is 19.4. The van der Waals surface area contributed by atoms with Crippen molar-refractivity contribution in [2.45, 2.75) is 25.1 Å². The van der Waals surface area contributed by atoms with Crippen LogP contribution in [0.5, 0.6) is 0 Å². The number of aromatic nitrogens is 6. The summed E-state index contributed by atoms with van der Waals surface area (Å²) in [7, 11) is 0. The molecule has 4 rings (SSSR count). The zero-order chi connectivity index (χ0) is 18.1. The molecule has 2 N–H and O–H groups in total. The van der Waals surface area contributed by atoms with Gasteiger partial charge in [0.1, 0.15) is 29.7 Å². The molecule has 1 saturated heterocycles. The smallest absolute Gasteiger partial charge is 0.367 e. The zero-order valence-corrected chi connectivity index (χ0v) is 13.5. The average Bonchev–Trinajstić information content (AvgIpc) is 3.11. The molecule has 1 fully saturated rings. The van der Waals surface area contributed by atoms with Crippen LogP contribution in [-0.4, -0.2) is 49.0 Å². The van der Waals surface area contributed by atoms with Gasteiger partial charge < -0.3 is 15.2 Å². The number of alkyl halides is 3. The third-order valence-corrected chi connectivity index (χ3v) is 4.31. The number of H-pyrrole nitrogens is 1. The number of fused-ring (bicyclic) bond motifs is 1. The molecule has 3 aromatic rings. The molecule has 0 unspecified atom stereocenters. The summed E-state index contributed by atoms with van der Waals surface area (Å²) in [6, 6.07) is 0.964. The Kier molecular flexibility index (Phi) is 4.05. The predicted octanol–water partition coefficient (Wildman–Crippen LogP) is 2.24. The lowest BCUT2D eigenvalue weighted by Crippen LogP contribution is -2.39. The number of piperidine rings is 1. The highest BCUT2D eigenvalue weighted by molar-refractivity contribution is 5.82. The van der Waals surface area contributed by atoms with Gasteiger partial charge in [0.15, 0.2) is 11.5 Å². The standard InChI is InChI=1S/C15H15F3N8/c16-15(17,18)10-5-11(20-6-19-10)25-9-1-3-26(4-2-9)14-12-13(22-7-21-12)23-8-24-14/h5-9H,1-4H2,(H,19,20,25)(H,21,22,23,24). The SMILES string of the molecule is FC(F)(F)c1cc(NC2CCN(c3ncnc4nc[nH]c34)CC2)ncn1. The van der Waals surface area contributed by atoms with E-state index in [0.29, 0.717) is 18.7 Å². The van der Waals surface area contributed by atoms with Crippen LogP contribution in [0.2, 0.25) is 0 Å². The second-order valence-electron chi connectivity index (χ2n) is 5.99. The second-order valence-corrected chi connectivity index (χ2v) is 5.99. The molecule has 0 radical (unpaired) electrons. The van der Waals surface area contributed by atoms with Crippen molar-refractivity contribution >= 4 is 22.8 Å². The minimum Gasteiger partial charge on any atom is -0.367 e. The number of rotatable bonds is 3. The monoisotopic (exact) mass is 364 g/mol. The Balaban J connectivity index is 1.42. The van der Waals surface area contributed by atoms with Crippen LogP contribution in [0, 0.1) is 0 Å². The molecule has 1 aliphatic heterocycles. The van der Waals surface area contributed by atoms with Crippen LogP contribution in [-0.2, 0) is 6.18 Å². The molecule has 0 amide bonds. The Morgan fingerprint density at radius 2 is 1.81 bits per heavy atom. The van der Waals surface area contributed by atoms with Crippen LogP contribution in [0.3, 0.4) is 0 Å². The predicted molar refractivity (Wildman–Crippen MR) is 87.6 cm³/mol. The average molecular weight is 364 g/mol. The molecule has 3 aromatic heterocycles. The minimum absolute atomic E-state index is 0.0290. The summed E-state index contributed by atoms with van der Waals surface area (Å²) in [6.07, 6.45) is 0.976. The first-order chi connectivity index (χ1) is 12.5. The van der Waals surface area contributed by atoms with Gasteiger partial charge in [0, 0.05) is 25.2 Å². The molecule has 11 heteroatoms. The van der Waals surface area contributed by atoms with Crippen molar-refractivity contribution in [3.63, 3.8) is 0 Å². The lowest BCUT2D eigenvalue weighted by atomic mass is 10.0. The van der Waals surface area contributed by atoms with Crippen molar-refractivity contribution in [3.8, 4) is 0 Å². The number of hydrogen-bond donors (Lipinski definition) is 2. The van der Waals surface area contributed by atoms with E-state index in [9.17, 15) is 13.2 Å². The maximum Gasteiger partial charge on any atom is 0.433 e. The summed E-state index contributed by atoms with van der Waals surface area (Å²) in [4.78, 5) is 24.9. The molecule has 0 atom stereocenters. The van der Waals surface area contributed by atoms with E-state index >= 15 is 0 Å². The van der Waals surface area contributed by atoms with Gasteiger partial charge in [-0.25, -0.2) is 24.9 Å². The molecule has 1 aliphatic rings. The third kappa shape index (κ3) is 3.24. The van der Waals surface area contributed by atoms with E-state index in [1.165, 1.54) is 6.33 Å². The maximum atomic E-state index is 12.7. The first-order valence-electron chi connectivity index (χ1n) is 8.05. The number of nitrogens with one attached hydrogen (secondary N) is 2. The highest BCUT2D eigenvalue weighted by Gasteiger charge is 2.33.